The summed E-state index contributed by atoms with van der Waals surface area (Å²) in [7, 11) is 0. The van der Waals surface area contributed by atoms with Crippen LogP contribution in [-0.4, -0.2) is 35.2 Å². The lowest BCUT2D eigenvalue weighted by Gasteiger charge is -2.36. The predicted molar refractivity (Wildman–Crippen MR) is 97.3 cm³/mol. The van der Waals surface area contributed by atoms with Gasteiger partial charge in [0.15, 0.2) is 5.76 Å². The van der Waals surface area contributed by atoms with Crippen molar-refractivity contribution < 1.29 is 40.7 Å². The monoisotopic (exact) mass is 451 g/mol. The number of anilines is 1. The van der Waals surface area contributed by atoms with Crippen molar-refractivity contribution in [1.29, 1.82) is 0 Å². The van der Waals surface area contributed by atoms with E-state index in [-0.39, 0.29) is 22.9 Å². The molecule has 2 aromatic rings. The second kappa shape index (κ2) is 7.69. The van der Waals surface area contributed by atoms with Crippen LogP contribution < -0.4 is 4.90 Å². The summed E-state index contributed by atoms with van der Waals surface area (Å²) in [6.07, 6.45) is -7.39. The molecule has 0 fully saturated rings. The largest absolute Gasteiger partial charge is 0.459 e. The smallest absolute Gasteiger partial charge is 0.430 e. The number of rotatable bonds is 3. The summed E-state index contributed by atoms with van der Waals surface area (Å²) < 4.78 is 84.5. The quantitative estimate of drug-likeness (QED) is 0.509. The summed E-state index contributed by atoms with van der Waals surface area (Å²) in [6.45, 7) is 1.82. The Bertz CT molecular complexity index is 938. The molecule has 4 nitrogen and oxygen atoms in total. The number of hydrogen-bond acceptors (Lipinski definition) is 4. The van der Waals surface area contributed by atoms with Gasteiger partial charge in [-0.25, -0.2) is 0 Å². The van der Waals surface area contributed by atoms with Gasteiger partial charge in [-0.15, -0.1) is 11.8 Å². The summed E-state index contributed by atoms with van der Waals surface area (Å²) in [4.78, 5) is 14.0. The molecular weight excluding hydrogens is 436 g/mol. The van der Waals surface area contributed by atoms with Gasteiger partial charge in [0, 0.05) is 22.3 Å². The minimum absolute atomic E-state index is 0.00585. The molecule has 1 N–H and O–H groups in total. The first-order valence-corrected chi connectivity index (χ1v) is 9.43. The van der Waals surface area contributed by atoms with Crippen molar-refractivity contribution in [2.45, 2.75) is 35.0 Å². The molecular formula is C19H15F6NO3S. The van der Waals surface area contributed by atoms with Gasteiger partial charge in [0.25, 0.3) is 11.5 Å². The number of fused-ring (bicyclic) bond motifs is 1. The maximum atomic E-state index is 13.2. The van der Waals surface area contributed by atoms with Crippen molar-refractivity contribution in [3.8, 4) is 0 Å². The van der Waals surface area contributed by atoms with E-state index in [0.29, 0.717) is 12.1 Å². The Morgan fingerprint density at radius 1 is 1.20 bits per heavy atom. The molecule has 1 unspecified atom stereocenters. The van der Waals surface area contributed by atoms with Gasteiger partial charge in [-0.2, -0.15) is 26.3 Å². The standard InChI is InChI=1S/C19H15F6NO3S/c1-2-4-12-10-26(16(27)14-5-3-8-29-14)13-7-6-11(9-15(13)30-12)17(28,18(20,21)22)19(23,24)25/h2-9,12,28H,10H2,1H3/b4-2+. The maximum Gasteiger partial charge on any atom is 0.430 e. The van der Waals surface area contributed by atoms with Crippen molar-refractivity contribution in [3.63, 3.8) is 0 Å². The first kappa shape index (κ1) is 22.3. The van der Waals surface area contributed by atoms with E-state index in [1.165, 1.54) is 23.3 Å². The molecule has 3 rings (SSSR count). The molecule has 0 saturated heterocycles. The number of furan rings is 1. The fraction of sp³-hybridized carbons (Fsp3) is 0.316. The Balaban J connectivity index is 2.13. The third-order valence-corrected chi connectivity index (χ3v) is 5.70. The lowest BCUT2D eigenvalue weighted by molar-refractivity contribution is -0.376. The van der Waals surface area contributed by atoms with Gasteiger partial charge in [-0.1, -0.05) is 18.2 Å². The molecule has 162 valence electrons. The first-order chi connectivity index (χ1) is 13.9. The van der Waals surface area contributed by atoms with Crippen LogP contribution in [0.25, 0.3) is 0 Å². The minimum Gasteiger partial charge on any atom is -0.459 e. The Labute approximate surface area is 171 Å². The first-order valence-electron chi connectivity index (χ1n) is 8.55. The summed E-state index contributed by atoms with van der Waals surface area (Å²) in [5, 5.41) is 9.25. The van der Waals surface area contributed by atoms with Crippen LogP contribution in [0.5, 0.6) is 0 Å². The fourth-order valence-electron chi connectivity index (χ4n) is 3.06. The average Bonchev–Trinajstić information content (AvgIpc) is 3.19. The van der Waals surface area contributed by atoms with E-state index in [4.69, 9.17) is 4.42 Å². The average molecular weight is 451 g/mol. The zero-order valence-electron chi connectivity index (χ0n) is 15.3. The highest BCUT2D eigenvalue weighted by Gasteiger charge is 2.71. The SMILES string of the molecule is C/C=C/C1CN(C(=O)c2ccco2)c2ccc(C(O)(C(F)(F)F)C(F)(F)F)cc2S1. The van der Waals surface area contributed by atoms with Gasteiger partial charge in [-0.05, 0) is 31.2 Å². The molecule has 0 radical (unpaired) electrons. The lowest BCUT2D eigenvalue weighted by Crippen LogP contribution is -2.54. The number of amides is 1. The fourth-order valence-corrected chi connectivity index (χ4v) is 4.34. The topological polar surface area (TPSA) is 53.7 Å². The number of alkyl halides is 6. The van der Waals surface area contributed by atoms with E-state index in [0.717, 1.165) is 17.8 Å². The van der Waals surface area contributed by atoms with E-state index in [9.17, 15) is 36.2 Å². The Hall–Kier alpha value is -2.40. The number of hydrogen-bond donors (Lipinski definition) is 1. The van der Waals surface area contributed by atoms with Gasteiger partial charge < -0.3 is 14.4 Å². The number of nitrogens with zero attached hydrogens (tertiary/aromatic N) is 1. The number of benzene rings is 1. The molecule has 2 heterocycles. The zero-order chi connectivity index (χ0) is 22.3. The van der Waals surface area contributed by atoms with Crippen molar-refractivity contribution in [2.75, 3.05) is 11.4 Å². The van der Waals surface area contributed by atoms with Crippen LogP contribution >= 0.6 is 11.8 Å². The van der Waals surface area contributed by atoms with Crippen LogP contribution in [0.4, 0.5) is 32.0 Å². The summed E-state index contributed by atoms with van der Waals surface area (Å²) in [5.41, 5.74) is -6.29. The maximum absolute atomic E-state index is 13.2. The van der Waals surface area contributed by atoms with E-state index < -0.39 is 34.7 Å². The highest BCUT2D eigenvalue weighted by atomic mass is 32.2. The number of carbonyl (C=O) groups is 1. The molecule has 1 atom stereocenters. The molecule has 0 aliphatic carbocycles. The van der Waals surface area contributed by atoms with E-state index >= 15 is 0 Å². The Kier molecular flexibility index (Phi) is 5.72. The van der Waals surface area contributed by atoms with E-state index in [2.05, 4.69) is 0 Å². The second-order valence-corrected chi connectivity index (χ2v) is 7.74. The highest BCUT2D eigenvalue weighted by molar-refractivity contribution is 8.00. The van der Waals surface area contributed by atoms with Gasteiger partial charge in [0.05, 0.1) is 12.0 Å². The van der Waals surface area contributed by atoms with Crippen LogP contribution in [0.3, 0.4) is 0 Å². The van der Waals surface area contributed by atoms with Crippen molar-refractivity contribution in [1.82, 2.24) is 0 Å². The number of halogens is 6. The summed E-state index contributed by atoms with van der Waals surface area (Å²) in [6, 6.07) is 4.99. The number of allylic oxidation sites excluding steroid dienone is 1. The third-order valence-electron chi connectivity index (χ3n) is 4.51. The molecule has 1 aliphatic heterocycles. The highest BCUT2D eigenvalue weighted by Crippen LogP contribution is 2.52. The van der Waals surface area contributed by atoms with Crippen molar-refractivity contribution >= 4 is 23.4 Å². The number of carbonyl (C=O) groups excluding carboxylic acids is 1. The van der Waals surface area contributed by atoms with Gasteiger partial charge in [0.2, 0.25) is 0 Å². The molecule has 30 heavy (non-hydrogen) atoms. The van der Waals surface area contributed by atoms with Gasteiger partial charge in [-0.3, -0.25) is 4.79 Å². The van der Waals surface area contributed by atoms with Crippen LogP contribution in [0.1, 0.15) is 23.0 Å². The Morgan fingerprint density at radius 2 is 1.87 bits per heavy atom. The van der Waals surface area contributed by atoms with Crippen LogP contribution in [-0.2, 0) is 5.60 Å². The van der Waals surface area contributed by atoms with E-state index in [1.54, 1.807) is 19.1 Å². The lowest BCUT2D eigenvalue weighted by atomic mass is 9.92. The van der Waals surface area contributed by atoms with Crippen LogP contribution in [0, 0.1) is 0 Å². The number of aliphatic hydroxyl groups is 1. The van der Waals surface area contributed by atoms with Crippen LogP contribution in [0.15, 0.2) is 58.1 Å². The molecule has 0 bridgehead atoms. The molecule has 1 aromatic heterocycles. The molecule has 1 amide bonds. The zero-order valence-corrected chi connectivity index (χ0v) is 16.1. The third kappa shape index (κ3) is 3.71. The normalized spacial score (nSPS) is 18.0. The van der Waals surface area contributed by atoms with Crippen LogP contribution in [0.2, 0.25) is 0 Å². The molecule has 0 spiro atoms. The van der Waals surface area contributed by atoms with Gasteiger partial charge >= 0.3 is 12.4 Å². The number of thioether (sulfide) groups is 1. The summed E-state index contributed by atoms with van der Waals surface area (Å²) in [5.74, 6) is -0.621. The van der Waals surface area contributed by atoms with Gasteiger partial charge in [0.1, 0.15) is 0 Å². The predicted octanol–water partition coefficient (Wildman–Crippen LogP) is 5.29. The van der Waals surface area contributed by atoms with Crippen molar-refractivity contribution in [3.05, 3.63) is 60.1 Å². The molecule has 1 aromatic carbocycles. The molecule has 0 saturated carbocycles. The van der Waals surface area contributed by atoms with E-state index in [1.807, 2.05) is 0 Å². The summed E-state index contributed by atoms with van der Waals surface area (Å²) >= 11 is 0.994. The second-order valence-electron chi connectivity index (χ2n) is 6.46. The molecule has 1 aliphatic rings. The minimum atomic E-state index is -5.99. The van der Waals surface area contributed by atoms with Crippen molar-refractivity contribution in [2.24, 2.45) is 0 Å². The molecule has 11 heteroatoms. The Morgan fingerprint density at radius 3 is 2.40 bits per heavy atom.